The lowest BCUT2D eigenvalue weighted by Crippen LogP contribution is -2.04. The summed E-state index contributed by atoms with van der Waals surface area (Å²) in [5, 5.41) is 0. The van der Waals surface area contributed by atoms with Gasteiger partial charge in [0, 0.05) is 6.08 Å². The number of nitrogens with zero attached hydrogens (tertiary/aromatic N) is 1. The summed E-state index contributed by atoms with van der Waals surface area (Å²) in [7, 11) is -2.38. The first-order valence-corrected chi connectivity index (χ1v) is 7.73. The van der Waals surface area contributed by atoms with Gasteiger partial charge in [0.1, 0.15) is 0 Å². The van der Waals surface area contributed by atoms with E-state index in [1.165, 1.54) is 25.3 Å². The predicted molar refractivity (Wildman–Crippen MR) is 83.5 cm³/mol. The maximum absolute atomic E-state index is 12.1. The smallest absolute Gasteiger partial charge is 0.285 e. The van der Waals surface area contributed by atoms with E-state index in [1.807, 2.05) is 30.3 Å². The lowest BCUT2D eigenvalue weighted by atomic mass is 10.2. The molecule has 2 aromatic carbocycles. The summed E-state index contributed by atoms with van der Waals surface area (Å²) in [6.07, 6.45) is 3.26. The van der Waals surface area contributed by atoms with Crippen molar-refractivity contribution >= 4 is 22.0 Å². The highest BCUT2D eigenvalue weighted by Gasteiger charge is 2.13. The molecule has 0 aliphatic heterocycles. The van der Waals surface area contributed by atoms with Crippen molar-refractivity contribution in [3.63, 3.8) is 0 Å². The molecular weight excluding hydrogens is 286 g/mol. The molecule has 0 bridgehead atoms. The van der Waals surface area contributed by atoms with Crippen LogP contribution in [0.3, 0.4) is 0 Å². The molecule has 0 heterocycles. The quantitative estimate of drug-likeness (QED) is 0.644. The van der Waals surface area contributed by atoms with E-state index in [1.54, 1.807) is 24.3 Å². The van der Waals surface area contributed by atoms with Gasteiger partial charge in [-0.2, -0.15) is 8.42 Å². The normalized spacial score (nSPS) is 12.5. The van der Waals surface area contributed by atoms with Crippen LogP contribution in [-0.2, 0) is 14.8 Å². The predicted octanol–water partition coefficient (Wildman–Crippen LogP) is 3.13. The van der Waals surface area contributed by atoms with Crippen LogP contribution in [0.5, 0.6) is 0 Å². The van der Waals surface area contributed by atoms with Gasteiger partial charge in [-0.15, -0.1) is 4.40 Å². The fourth-order valence-corrected chi connectivity index (χ4v) is 2.61. The number of methoxy groups -OCH3 is 1. The van der Waals surface area contributed by atoms with E-state index in [0.29, 0.717) is 0 Å². The minimum Gasteiger partial charge on any atom is -0.480 e. The van der Waals surface area contributed by atoms with Crippen LogP contribution in [0.4, 0.5) is 0 Å². The van der Waals surface area contributed by atoms with Gasteiger partial charge in [-0.1, -0.05) is 48.5 Å². The van der Waals surface area contributed by atoms with E-state index in [0.717, 1.165) is 5.56 Å². The molecule has 0 aliphatic carbocycles. The summed E-state index contributed by atoms with van der Waals surface area (Å²) in [5.41, 5.74) is 0.930. The van der Waals surface area contributed by atoms with Crippen LogP contribution in [-0.4, -0.2) is 21.4 Å². The monoisotopic (exact) mass is 301 g/mol. The molecule has 108 valence electrons. The number of rotatable bonds is 4. The summed E-state index contributed by atoms with van der Waals surface area (Å²) >= 11 is 0. The Hall–Kier alpha value is -2.40. The molecule has 0 atom stereocenters. The van der Waals surface area contributed by atoms with Crippen molar-refractivity contribution in [2.24, 2.45) is 4.40 Å². The molecule has 5 heteroatoms. The molecule has 0 spiro atoms. The molecule has 0 unspecified atom stereocenters. The second-order valence-corrected chi connectivity index (χ2v) is 5.77. The third kappa shape index (κ3) is 4.29. The lowest BCUT2D eigenvalue weighted by Gasteiger charge is -2.01. The first kappa shape index (κ1) is 15.0. The van der Waals surface area contributed by atoms with Crippen LogP contribution in [0.1, 0.15) is 5.56 Å². The Balaban J connectivity index is 2.27. The third-order valence-electron chi connectivity index (χ3n) is 2.68. The summed E-state index contributed by atoms with van der Waals surface area (Å²) in [5.74, 6) is 0.0303. The first-order chi connectivity index (χ1) is 10.1. The van der Waals surface area contributed by atoms with Crippen LogP contribution in [0.2, 0.25) is 0 Å². The molecule has 0 N–H and O–H groups in total. The molecular formula is C16H15NO3S. The molecule has 0 amide bonds. The SMILES string of the molecule is COC(C=Cc1ccccc1)=NS(=O)(=O)c1ccccc1. The lowest BCUT2D eigenvalue weighted by molar-refractivity contribution is 0.408. The average molecular weight is 301 g/mol. The maximum atomic E-state index is 12.1. The average Bonchev–Trinajstić information content (AvgIpc) is 2.53. The van der Waals surface area contributed by atoms with Crippen molar-refractivity contribution in [3.8, 4) is 0 Å². The zero-order chi connectivity index (χ0) is 15.1. The van der Waals surface area contributed by atoms with E-state index in [4.69, 9.17) is 4.74 Å². The second kappa shape index (κ2) is 6.85. The summed E-state index contributed by atoms with van der Waals surface area (Å²) in [6, 6.07) is 17.5. The molecule has 0 saturated carbocycles. The minimum atomic E-state index is -3.76. The van der Waals surface area contributed by atoms with Crippen molar-refractivity contribution in [1.29, 1.82) is 0 Å². The second-order valence-electron chi connectivity index (χ2n) is 4.17. The number of ether oxygens (including phenoxy) is 1. The Bertz CT molecular complexity index is 736. The molecule has 2 aromatic rings. The standard InChI is InChI=1S/C16H15NO3S/c1-20-16(13-12-14-8-4-2-5-9-14)17-21(18,19)15-10-6-3-7-11-15/h2-13H,1H3. The molecule has 4 nitrogen and oxygen atoms in total. The molecule has 0 fully saturated rings. The zero-order valence-electron chi connectivity index (χ0n) is 11.5. The molecule has 0 saturated heterocycles. The van der Waals surface area contributed by atoms with E-state index in [9.17, 15) is 8.42 Å². The Morgan fingerprint density at radius 1 is 1.00 bits per heavy atom. The Kier molecular flexibility index (Phi) is 4.90. The minimum absolute atomic E-state index is 0.0303. The molecule has 0 aliphatic rings. The largest absolute Gasteiger partial charge is 0.480 e. The van der Waals surface area contributed by atoms with Gasteiger partial charge >= 0.3 is 0 Å². The van der Waals surface area contributed by atoms with Crippen LogP contribution in [0, 0.1) is 0 Å². The van der Waals surface area contributed by atoms with Gasteiger partial charge in [-0.25, -0.2) is 0 Å². The van der Waals surface area contributed by atoms with E-state index < -0.39 is 10.0 Å². The van der Waals surface area contributed by atoms with Crippen molar-refractivity contribution in [1.82, 2.24) is 0 Å². The number of sulfonamides is 1. The molecule has 0 radical (unpaired) electrons. The molecule has 21 heavy (non-hydrogen) atoms. The Morgan fingerprint density at radius 3 is 2.14 bits per heavy atom. The van der Waals surface area contributed by atoms with Gasteiger partial charge in [0.15, 0.2) is 0 Å². The highest BCUT2D eigenvalue weighted by Crippen LogP contribution is 2.12. The van der Waals surface area contributed by atoms with Crippen LogP contribution >= 0.6 is 0 Å². The van der Waals surface area contributed by atoms with E-state index in [-0.39, 0.29) is 10.8 Å². The van der Waals surface area contributed by atoms with Crippen LogP contribution in [0.25, 0.3) is 6.08 Å². The van der Waals surface area contributed by atoms with Gasteiger partial charge in [-0.05, 0) is 23.8 Å². The Labute approximate surface area is 124 Å². The van der Waals surface area contributed by atoms with Gasteiger partial charge in [0.25, 0.3) is 10.0 Å². The van der Waals surface area contributed by atoms with Crippen molar-refractivity contribution < 1.29 is 13.2 Å². The zero-order valence-corrected chi connectivity index (χ0v) is 12.3. The van der Waals surface area contributed by atoms with Crippen LogP contribution in [0.15, 0.2) is 76.0 Å². The summed E-state index contributed by atoms with van der Waals surface area (Å²) < 4.78 is 32.9. The fraction of sp³-hybridized carbons (Fsp3) is 0.0625. The van der Waals surface area contributed by atoms with Gasteiger partial charge in [0.2, 0.25) is 5.90 Å². The van der Waals surface area contributed by atoms with Crippen LogP contribution < -0.4 is 0 Å². The molecule has 2 rings (SSSR count). The number of hydrogen-bond acceptors (Lipinski definition) is 3. The van der Waals surface area contributed by atoms with Gasteiger partial charge in [-0.3, -0.25) is 0 Å². The first-order valence-electron chi connectivity index (χ1n) is 6.29. The highest BCUT2D eigenvalue weighted by molar-refractivity contribution is 7.90. The summed E-state index contributed by atoms with van der Waals surface area (Å²) in [4.78, 5) is 0.132. The number of benzene rings is 2. The topological polar surface area (TPSA) is 55.7 Å². The summed E-state index contributed by atoms with van der Waals surface area (Å²) in [6.45, 7) is 0. The van der Waals surface area contributed by atoms with E-state index in [2.05, 4.69) is 4.40 Å². The van der Waals surface area contributed by atoms with Crippen molar-refractivity contribution in [3.05, 3.63) is 72.3 Å². The number of hydrogen-bond donors (Lipinski definition) is 0. The third-order valence-corrected chi connectivity index (χ3v) is 3.97. The van der Waals surface area contributed by atoms with E-state index >= 15 is 0 Å². The van der Waals surface area contributed by atoms with Gasteiger partial charge < -0.3 is 4.74 Å². The van der Waals surface area contributed by atoms with Crippen molar-refractivity contribution in [2.75, 3.05) is 7.11 Å². The highest BCUT2D eigenvalue weighted by atomic mass is 32.2. The maximum Gasteiger partial charge on any atom is 0.285 e. The van der Waals surface area contributed by atoms with Crippen molar-refractivity contribution in [2.45, 2.75) is 4.90 Å². The Morgan fingerprint density at radius 2 is 1.57 bits per heavy atom. The van der Waals surface area contributed by atoms with Gasteiger partial charge in [0.05, 0.1) is 12.0 Å². The molecule has 0 aromatic heterocycles. The fourth-order valence-electron chi connectivity index (χ4n) is 1.63.